The highest BCUT2D eigenvalue weighted by atomic mass is 16.5. The van der Waals surface area contributed by atoms with E-state index in [0.717, 1.165) is 34.6 Å². The lowest BCUT2D eigenvalue weighted by atomic mass is 10.2. The Labute approximate surface area is 117 Å². The second-order valence-corrected chi connectivity index (χ2v) is 4.51. The van der Waals surface area contributed by atoms with E-state index < -0.39 is 0 Å². The number of nitrogens with zero attached hydrogens (tertiary/aromatic N) is 2. The third kappa shape index (κ3) is 2.62. The maximum atomic E-state index is 5.35. The van der Waals surface area contributed by atoms with E-state index >= 15 is 0 Å². The van der Waals surface area contributed by atoms with Gasteiger partial charge in [0.1, 0.15) is 11.3 Å². The Bertz CT molecular complexity index is 694. The summed E-state index contributed by atoms with van der Waals surface area (Å²) in [5, 5.41) is 4.42. The predicted octanol–water partition coefficient (Wildman–Crippen LogP) is 2.26. The molecule has 5 heteroatoms. The van der Waals surface area contributed by atoms with Gasteiger partial charge < -0.3 is 15.0 Å². The third-order valence-corrected chi connectivity index (χ3v) is 3.14. The zero-order valence-corrected chi connectivity index (χ0v) is 11.3. The number of fused-ring (bicyclic) bond motifs is 1. The molecule has 3 rings (SSSR count). The van der Waals surface area contributed by atoms with Crippen molar-refractivity contribution in [1.29, 1.82) is 0 Å². The van der Waals surface area contributed by atoms with Gasteiger partial charge in [0.2, 0.25) is 0 Å². The second-order valence-electron chi connectivity index (χ2n) is 4.51. The highest BCUT2D eigenvalue weighted by Crippen LogP contribution is 2.23. The SMILES string of the molecule is COc1cccc2ccc(CNCc3cnc[nH]3)nc12. The standard InChI is InChI=1S/C15H16N4O/c1-20-14-4-2-3-11-5-6-12(19-15(11)14)7-16-8-13-9-17-10-18-13/h2-6,9-10,16H,7-8H2,1H3,(H,17,18). The molecule has 0 saturated carbocycles. The van der Waals surface area contributed by atoms with Gasteiger partial charge in [-0.1, -0.05) is 18.2 Å². The Morgan fingerprint density at radius 2 is 2.15 bits per heavy atom. The molecule has 0 fully saturated rings. The summed E-state index contributed by atoms with van der Waals surface area (Å²) in [5.74, 6) is 0.804. The van der Waals surface area contributed by atoms with E-state index in [-0.39, 0.29) is 0 Å². The summed E-state index contributed by atoms with van der Waals surface area (Å²) >= 11 is 0. The van der Waals surface area contributed by atoms with Crippen LogP contribution in [0.3, 0.4) is 0 Å². The molecular formula is C15H16N4O. The molecule has 0 amide bonds. The molecule has 0 bridgehead atoms. The summed E-state index contributed by atoms with van der Waals surface area (Å²) in [6.45, 7) is 1.44. The van der Waals surface area contributed by atoms with Crippen LogP contribution in [0.1, 0.15) is 11.4 Å². The lowest BCUT2D eigenvalue weighted by molar-refractivity contribution is 0.418. The van der Waals surface area contributed by atoms with Gasteiger partial charge in [-0.25, -0.2) is 9.97 Å². The van der Waals surface area contributed by atoms with Crippen LogP contribution in [0.2, 0.25) is 0 Å². The first-order valence-electron chi connectivity index (χ1n) is 6.47. The summed E-state index contributed by atoms with van der Waals surface area (Å²) in [5.41, 5.74) is 2.95. The number of H-pyrrole nitrogens is 1. The largest absolute Gasteiger partial charge is 0.494 e. The van der Waals surface area contributed by atoms with Crippen LogP contribution < -0.4 is 10.1 Å². The quantitative estimate of drug-likeness (QED) is 0.745. The van der Waals surface area contributed by atoms with Crippen molar-refractivity contribution in [1.82, 2.24) is 20.3 Å². The lowest BCUT2D eigenvalue weighted by Crippen LogP contribution is -2.13. The van der Waals surface area contributed by atoms with Crippen LogP contribution >= 0.6 is 0 Å². The molecule has 1 aromatic carbocycles. The van der Waals surface area contributed by atoms with Gasteiger partial charge in [0.05, 0.1) is 19.1 Å². The van der Waals surface area contributed by atoms with E-state index in [1.54, 1.807) is 13.4 Å². The number of nitrogens with one attached hydrogen (secondary N) is 2. The minimum atomic E-state index is 0.701. The zero-order valence-electron chi connectivity index (χ0n) is 11.3. The first kappa shape index (κ1) is 12.6. The Hall–Kier alpha value is -2.40. The number of benzene rings is 1. The first-order chi connectivity index (χ1) is 9.86. The number of aromatic nitrogens is 3. The van der Waals surface area contributed by atoms with E-state index in [1.807, 2.05) is 30.5 Å². The number of para-hydroxylation sites is 1. The van der Waals surface area contributed by atoms with Crippen molar-refractivity contribution >= 4 is 10.9 Å². The highest BCUT2D eigenvalue weighted by molar-refractivity contribution is 5.84. The minimum Gasteiger partial charge on any atom is -0.494 e. The molecule has 0 aliphatic rings. The van der Waals surface area contributed by atoms with Crippen LogP contribution in [0.15, 0.2) is 42.9 Å². The molecule has 2 aromatic heterocycles. The number of pyridine rings is 1. The Morgan fingerprint density at radius 3 is 2.95 bits per heavy atom. The smallest absolute Gasteiger partial charge is 0.145 e. The van der Waals surface area contributed by atoms with Crippen molar-refractivity contribution in [2.75, 3.05) is 7.11 Å². The van der Waals surface area contributed by atoms with Gasteiger partial charge in [-0.05, 0) is 12.1 Å². The fraction of sp³-hybridized carbons (Fsp3) is 0.200. The number of ether oxygens (including phenoxy) is 1. The average molecular weight is 268 g/mol. The molecule has 0 spiro atoms. The molecule has 0 atom stereocenters. The van der Waals surface area contributed by atoms with E-state index in [1.165, 1.54) is 0 Å². The number of imidazole rings is 1. The summed E-state index contributed by atoms with van der Waals surface area (Å²) in [4.78, 5) is 11.7. The molecule has 3 aromatic rings. The highest BCUT2D eigenvalue weighted by Gasteiger charge is 2.04. The molecule has 102 valence electrons. The fourth-order valence-electron chi connectivity index (χ4n) is 2.13. The van der Waals surface area contributed by atoms with Crippen LogP contribution in [-0.4, -0.2) is 22.1 Å². The van der Waals surface area contributed by atoms with Crippen LogP contribution in [-0.2, 0) is 13.1 Å². The van der Waals surface area contributed by atoms with Crippen LogP contribution in [0.5, 0.6) is 5.75 Å². The first-order valence-corrected chi connectivity index (χ1v) is 6.47. The number of hydrogen-bond donors (Lipinski definition) is 2. The molecular weight excluding hydrogens is 252 g/mol. The maximum Gasteiger partial charge on any atom is 0.145 e. The molecule has 2 heterocycles. The van der Waals surface area contributed by atoms with Gasteiger partial charge in [0.25, 0.3) is 0 Å². The molecule has 2 N–H and O–H groups in total. The summed E-state index contributed by atoms with van der Waals surface area (Å²) in [7, 11) is 1.67. The van der Waals surface area contributed by atoms with Crippen molar-refractivity contribution in [2.24, 2.45) is 0 Å². The van der Waals surface area contributed by atoms with Gasteiger partial charge in [0.15, 0.2) is 0 Å². The van der Waals surface area contributed by atoms with Crippen molar-refractivity contribution in [2.45, 2.75) is 13.1 Å². The maximum absolute atomic E-state index is 5.35. The normalized spacial score (nSPS) is 10.8. The summed E-state index contributed by atoms with van der Waals surface area (Å²) in [6.07, 6.45) is 3.49. The van der Waals surface area contributed by atoms with Gasteiger partial charge in [-0.3, -0.25) is 0 Å². The van der Waals surface area contributed by atoms with E-state index in [0.29, 0.717) is 6.54 Å². The molecule has 0 aliphatic carbocycles. The van der Waals surface area contributed by atoms with Crippen molar-refractivity contribution in [3.63, 3.8) is 0 Å². The second kappa shape index (κ2) is 5.71. The number of hydrogen-bond acceptors (Lipinski definition) is 4. The molecule has 20 heavy (non-hydrogen) atoms. The molecule has 0 radical (unpaired) electrons. The van der Waals surface area contributed by atoms with E-state index in [4.69, 9.17) is 4.74 Å². The topological polar surface area (TPSA) is 62.8 Å². The van der Waals surface area contributed by atoms with E-state index in [2.05, 4.69) is 26.3 Å². The van der Waals surface area contributed by atoms with Gasteiger partial charge in [0, 0.05) is 30.4 Å². The van der Waals surface area contributed by atoms with Crippen LogP contribution in [0, 0.1) is 0 Å². The summed E-state index contributed by atoms with van der Waals surface area (Å²) in [6, 6.07) is 10.0. The Kier molecular flexibility index (Phi) is 3.60. The van der Waals surface area contributed by atoms with Crippen molar-refractivity contribution < 1.29 is 4.74 Å². The number of methoxy groups -OCH3 is 1. The molecule has 0 saturated heterocycles. The zero-order chi connectivity index (χ0) is 13.8. The molecule has 0 unspecified atom stereocenters. The van der Waals surface area contributed by atoms with E-state index in [9.17, 15) is 0 Å². The molecule has 0 aliphatic heterocycles. The fourth-order valence-corrected chi connectivity index (χ4v) is 2.13. The van der Waals surface area contributed by atoms with Gasteiger partial charge in [-0.2, -0.15) is 0 Å². The van der Waals surface area contributed by atoms with Crippen molar-refractivity contribution in [3.05, 3.63) is 54.2 Å². The monoisotopic (exact) mass is 268 g/mol. The van der Waals surface area contributed by atoms with Crippen LogP contribution in [0.25, 0.3) is 10.9 Å². The Balaban J connectivity index is 1.75. The minimum absolute atomic E-state index is 0.701. The third-order valence-electron chi connectivity index (χ3n) is 3.14. The average Bonchev–Trinajstić information content (AvgIpc) is 3.00. The Morgan fingerprint density at radius 1 is 1.20 bits per heavy atom. The predicted molar refractivity (Wildman–Crippen MR) is 77.4 cm³/mol. The lowest BCUT2D eigenvalue weighted by Gasteiger charge is -2.07. The van der Waals surface area contributed by atoms with Gasteiger partial charge in [-0.15, -0.1) is 0 Å². The van der Waals surface area contributed by atoms with Gasteiger partial charge >= 0.3 is 0 Å². The number of rotatable bonds is 5. The molecule has 5 nitrogen and oxygen atoms in total. The van der Waals surface area contributed by atoms with Crippen molar-refractivity contribution in [3.8, 4) is 5.75 Å². The summed E-state index contributed by atoms with van der Waals surface area (Å²) < 4.78 is 5.35. The van der Waals surface area contributed by atoms with Crippen LogP contribution in [0.4, 0.5) is 0 Å². The number of aromatic amines is 1.